The average molecular weight is 393 g/mol. The van der Waals surface area contributed by atoms with E-state index in [4.69, 9.17) is 0 Å². The van der Waals surface area contributed by atoms with Crippen LogP contribution in [0.5, 0.6) is 0 Å². The van der Waals surface area contributed by atoms with Gasteiger partial charge < -0.3 is 21.3 Å². The summed E-state index contributed by atoms with van der Waals surface area (Å²) in [5.41, 5.74) is 0.699. The minimum atomic E-state index is -0.0411. The van der Waals surface area contributed by atoms with Crippen LogP contribution in [-0.2, 0) is 4.79 Å². The Balaban J connectivity index is 0.000000223. The molecule has 148 valence electrons. The standard InChI is InChI=1S/C11H19N3O2S.C8H9NO/c1-12-9(15)5-3-2-4-8-10-7(6-17-8)13-11(16)14-10;1-9-8(10)7-5-3-2-4-6-7/h7-8,10H,2-6H2,1H3,(H,12,15)(H2,13,14,16);2-6H,1H3,(H,9,10)/t7-,8-,10-;/m0./s1. The maximum absolute atomic E-state index is 11.2. The molecule has 3 atom stereocenters. The monoisotopic (exact) mass is 392 g/mol. The molecule has 0 aromatic heterocycles. The van der Waals surface area contributed by atoms with Crippen molar-refractivity contribution in [2.75, 3.05) is 19.8 Å². The lowest BCUT2D eigenvalue weighted by molar-refractivity contribution is -0.120. The van der Waals surface area contributed by atoms with Crippen LogP contribution in [0, 0.1) is 0 Å². The topological polar surface area (TPSA) is 99.3 Å². The molecule has 0 spiro atoms. The minimum Gasteiger partial charge on any atom is -0.359 e. The van der Waals surface area contributed by atoms with E-state index >= 15 is 0 Å². The number of urea groups is 1. The van der Waals surface area contributed by atoms with Gasteiger partial charge in [0.15, 0.2) is 0 Å². The Morgan fingerprint density at radius 1 is 1.11 bits per heavy atom. The Labute approximate surface area is 164 Å². The lowest BCUT2D eigenvalue weighted by Gasteiger charge is -2.16. The van der Waals surface area contributed by atoms with Crippen LogP contribution >= 0.6 is 11.8 Å². The zero-order chi connectivity index (χ0) is 19.6. The first kappa shape index (κ1) is 21.1. The quantitative estimate of drug-likeness (QED) is 0.436. The number of rotatable bonds is 6. The second-order valence-corrected chi connectivity index (χ2v) is 7.76. The highest BCUT2D eigenvalue weighted by molar-refractivity contribution is 8.00. The van der Waals surface area contributed by atoms with Gasteiger partial charge in [0.05, 0.1) is 12.1 Å². The first-order chi connectivity index (χ1) is 13.0. The minimum absolute atomic E-state index is 0.0318. The first-order valence-corrected chi connectivity index (χ1v) is 10.3. The number of hydrogen-bond donors (Lipinski definition) is 4. The van der Waals surface area contributed by atoms with Gasteiger partial charge in [0, 0.05) is 37.1 Å². The number of nitrogens with one attached hydrogen (secondary N) is 4. The maximum Gasteiger partial charge on any atom is 0.315 e. The Morgan fingerprint density at radius 3 is 2.52 bits per heavy atom. The number of carbonyl (C=O) groups excluding carboxylic acids is 3. The summed E-state index contributed by atoms with van der Waals surface area (Å²) < 4.78 is 0. The van der Waals surface area contributed by atoms with Gasteiger partial charge >= 0.3 is 6.03 Å². The molecule has 2 fully saturated rings. The SMILES string of the molecule is CNC(=O)CCCC[C@@H]1SC[C@@H]2NC(=O)N[C@@H]21.CNC(=O)c1ccccc1. The van der Waals surface area contributed by atoms with Gasteiger partial charge in [-0.1, -0.05) is 24.6 Å². The Kier molecular flexibility index (Phi) is 8.44. The summed E-state index contributed by atoms with van der Waals surface area (Å²) >= 11 is 1.92. The predicted octanol–water partition coefficient (Wildman–Crippen LogP) is 1.50. The van der Waals surface area contributed by atoms with E-state index in [1.54, 1.807) is 26.2 Å². The van der Waals surface area contributed by atoms with Gasteiger partial charge in [-0.15, -0.1) is 0 Å². The Morgan fingerprint density at radius 2 is 1.85 bits per heavy atom. The van der Waals surface area contributed by atoms with Crippen molar-refractivity contribution in [2.24, 2.45) is 0 Å². The molecule has 0 radical (unpaired) electrons. The Bertz CT molecular complexity index is 641. The summed E-state index contributed by atoms with van der Waals surface area (Å²) in [5.74, 6) is 1.07. The van der Waals surface area contributed by atoms with Crippen LogP contribution in [0.4, 0.5) is 4.79 Å². The summed E-state index contributed by atoms with van der Waals surface area (Å²) in [6.07, 6.45) is 3.65. The molecule has 0 saturated carbocycles. The lowest BCUT2D eigenvalue weighted by Crippen LogP contribution is -2.36. The summed E-state index contributed by atoms with van der Waals surface area (Å²) in [5, 5.41) is 11.6. The molecule has 27 heavy (non-hydrogen) atoms. The molecule has 8 heteroatoms. The molecule has 1 aromatic carbocycles. The van der Waals surface area contributed by atoms with Crippen molar-refractivity contribution in [2.45, 2.75) is 43.0 Å². The third-order valence-corrected chi connectivity index (χ3v) is 6.13. The highest BCUT2D eigenvalue weighted by atomic mass is 32.2. The second-order valence-electron chi connectivity index (χ2n) is 6.49. The number of amides is 4. The van der Waals surface area contributed by atoms with E-state index in [1.165, 1.54) is 0 Å². The Hall–Kier alpha value is -2.22. The molecule has 3 rings (SSSR count). The van der Waals surface area contributed by atoms with E-state index in [2.05, 4.69) is 21.3 Å². The molecule has 0 unspecified atom stereocenters. The average Bonchev–Trinajstić information content (AvgIpc) is 3.25. The second kappa shape index (κ2) is 10.8. The van der Waals surface area contributed by atoms with Crippen molar-refractivity contribution in [3.63, 3.8) is 0 Å². The smallest absolute Gasteiger partial charge is 0.315 e. The third kappa shape index (κ3) is 6.46. The van der Waals surface area contributed by atoms with Gasteiger partial charge in [-0.2, -0.15) is 11.8 Å². The lowest BCUT2D eigenvalue weighted by atomic mass is 10.0. The van der Waals surface area contributed by atoms with E-state index < -0.39 is 0 Å². The zero-order valence-electron chi connectivity index (χ0n) is 15.8. The van der Waals surface area contributed by atoms with E-state index in [0.717, 1.165) is 25.0 Å². The third-order valence-electron chi connectivity index (χ3n) is 4.62. The normalized spacial score (nSPS) is 22.6. The number of carbonyl (C=O) groups is 3. The fourth-order valence-electron chi connectivity index (χ4n) is 3.13. The summed E-state index contributed by atoms with van der Waals surface area (Å²) in [4.78, 5) is 33.1. The van der Waals surface area contributed by atoms with Gasteiger partial charge in [0.2, 0.25) is 5.91 Å². The molecule has 0 aliphatic carbocycles. The van der Waals surface area contributed by atoms with Crippen LogP contribution < -0.4 is 21.3 Å². The van der Waals surface area contributed by atoms with Gasteiger partial charge in [-0.25, -0.2) is 4.79 Å². The highest BCUT2D eigenvalue weighted by Crippen LogP contribution is 2.33. The molecular formula is C19H28N4O3S. The van der Waals surface area contributed by atoms with Crippen molar-refractivity contribution in [3.8, 4) is 0 Å². The summed E-state index contributed by atoms with van der Waals surface area (Å²) in [6, 6.07) is 9.67. The largest absolute Gasteiger partial charge is 0.359 e. The number of thioether (sulfide) groups is 1. The number of benzene rings is 1. The van der Waals surface area contributed by atoms with Crippen LogP contribution in [0.25, 0.3) is 0 Å². The number of unbranched alkanes of at least 4 members (excludes halogenated alkanes) is 1. The van der Waals surface area contributed by atoms with E-state index in [-0.39, 0.29) is 23.9 Å². The summed E-state index contributed by atoms with van der Waals surface area (Å²) in [6.45, 7) is 0. The molecular weight excluding hydrogens is 364 g/mol. The molecule has 2 aliphatic heterocycles. The van der Waals surface area contributed by atoms with Crippen molar-refractivity contribution < 1.29 is 14.4 Å². The summed E-state index contributed by atoms with van der Waals surface area (Å²) in [7, 11) is 3.29. The molecule has 2 aliphatic rings. The fourth-order valence-corrected chi connectivity index (χ4v) is 4.68. The predicted molar refractivity (Wildman–Crippen MR) is 108 cm³/mol. The molecule has 0 bridgehead atoms. The van der Waals surface area contributed by atoms with Crippen LogP contribution in [0.1, 0.15) is 36.0 Å². The zero-order valence-corrected chi connectivity index (χ0v) is 16.6. The molecule has 1 aromatic rings. The molecule has 2 saturated heterocycles. The van der Waals surface area contributed by atoms with E-state index in [1.807, 2.05) is 30.0 Å². The van der Waals surface area contributed by atoms with E-state index in [9.17, 15) is 14.4 Å². The van der Waals surface area contributed by atoms with Gasteiger partial charge in [-0.3, -0.25) is 9.59 Å². The van der Waals surface area contributed by atoms with Crippen molar-refractivity contribution >= 4 is 29.6 Å². The van der Waals surface area contributed by atoms with Gasteiger partial charge in [-0.05, 0) is 25.0 Å². The number of fused-ring (bicyclic) bond motifs is 1. The highest BCUT2D eigenvalue weighted by Gasteiger charge is 2.42. The fraction of sp³-hybridized carbons (Fsp3) is 0.526. The maximum atomic E-state index is 11.2. The number of hydrogen-bond acceptors (Lipinski definition) is 4. The van der Waals surface area contributed by atoms with Crippen LogP contribution in [0.2, 0.25) is 0 Å². The van der Waals surface area contributed by atoms with Crippen LogP contribution in [-0.4, -0.2) is 55.0 Å². The molecule has 4 amide bonds. The van der Waals surface area contributed by atoms with Crippen LogP contribution in [0.3, 0.4) is 0 Å². The van der Waals surface area contributed by atoms with Crippen molar-refractivity contribution in [1.82, 2.24) is 21.3 Å². The van der Waals surface area contributed by atoms with Crippen LogP contribution in [0.15, 0.2) is 30.3 Å². The molecule has 7 nitrogen and oxygen atoms in total. The molecule has 2 heterocycles. The van der Waals surface area contributed by atoms with Crippen molar-refractivity contribution in [3.05, 3.63) is 35.9 Å². The van der Waals surface area contributed by atoms with Crippen molar-refractivity contribution in [1.29, 1.82) is 0 Å². The van der Waals surface area contributed by atoms with Gasteiger partial charge in [0.1, 0.15) is 0 Å². The molecule has 4 N–H and O–H groups in total. The first-order valence-electron chi connectivity index (χ1n) is 9.21. The van der Waals surface area contributed by atoms with Gasteiger partial charge in [0.25, 0.3) is 5.91 Å². The van der Waals surface area contributed by atoms with E-state index in [0.29, 0.717) is 23.3 Å².